The fourth-order valence-corrected chi connectivity index (χ4v) is 1.82. The minimum absolute atomic E-state index is 0.00131. The van der Waals surface area contributed by atoms with E-state index in [1.165, 1.54) is 4.90 Å². The Morgan fingerprint density at radius 2 is 1.95 bits per heavy atom. The van der Waals surface area contributed by atoms with Gasteiger partial charge in [-0.3, -0.25) is 9.59 Å². The first-order valence-electron chi connectivity index (χ1n) is 6.29. The molecule has 1 aromatic carbocycles. The fourth-order valence-electron chi connectivity index (χ4n) is 1.64. The van der Waals surface area contributed by atoms with Crippen LogP contribution in [-0.2, 0) is 9.59 Å². The van der Waals surface area contributed by atoms with Crippen LogP contribution in [0.15, 0.2) is 24.3 Å². The molecule has 0 aliphatic heterocycles. The molecule has 1 N–H and O–H groups in total. The van der Waals surface area contributed by atoms with Crippen molar-refractivity contribution in [2.45, 2.75) is 19.9 Å². The Morgan fingerprint density at radius 1 is 1.30 bits per heavy atom. The predicted octanol–water partition coefficient (Wildman–Crippen LogP) is 2.10. The van der Waals surface area contributed by atoms with Crippen molar-refractivity contribution in [3.05, 3.63) is 29.3 Å². The average molecular weight is 299 g/mol. The summed E-state index contributed by atoms with van der Waals surface area (Å²) < 4.78 is 0. The molecular weight excluding hydrogens is 280 g/mol. The lowest BCUT2D eigenvalue weighted by Crippen LogP contribution is -2.43. The van der Waals surface area contributed by atoms with E-state index in [-0.39, 0.29) is 25.0 Å². The Labute approximate surface area is 123 Å². The molecule has 0 fully saturated rings. The number of carbonyl (C=O) groups excluding carboxylic acids is 1. The maximum absolute atomic E-state index is 12.1. The van der Waals surface area contributed by atoms with Gasteiger partial charge in [-0.1, -0.05) is 17.7 Å². The highest BCUT2D eigenvalue weighted by Gasteiger charge is 2.19. The molecule has 0 saturated heterocycles. The number of carboxylic acids is 1. The van der Waals surface area contributed by atoms with Crippen molar-refractivity contribution in [2.24, 2.45) is 0 Å². The van der Waals surface area contributed by atoms with Crippen LogP contribution in [0, 0.1) is 0 Å². The number of hydrogen-bond acceptors (Lipinski definition) is 3. The van der Waals surface area contributed by atoms with Gasteiger partial charge in [0, 0.05) is 23.8 Å². The van der Waals surface area contributed by atoms with Crippen LogP contribution in [0.4, 0.5) is 5.69 Å². The maximum Gasteiger partial charge on any atom is 0.323 e. The number of hydrogen-bond donors (Lipinski definition) is 1. The number of amides is 1. The summed E-state index contributed by atoms with van der Waals surface area (Å²) in [5.74, 6) is -1.13. The Hall–Kier alpha value is -1.75. The van der Waals surface area contributed by atoms with Gasteiger partial charge in [-0.25, -0.2) is 0 Å². The molecule has 1 aromatic rings. The molecule has 0 heterocycles. The second kappa shape index (κ2) is 7.14. The Bertz CT molecular complexity index is 491. The summed E-state index contributed by atoms with van der Waals surface area (Å²) in [5.41, 5.74) is 0.616. The lowest BCUT2D eigenvalue weighted by molar-refractivity contribution is -0.135. The molecule has 0 aliphatic rings. The summed E-state index contributed by atoms with van der Waals surface area (Å²) in [6.45, 7) is 3.55. The number of carbonyl (C=O) groups is 2. The lowest BCUT2D eigenvalue weighted by atomic mass is 10.2. The van der Waals surface area contributed by atoms with Crippen LogP contribution in [0.25, 0.3) is 0 Å². The van der Waals surface area contributed by atoms with Crippen molar-refractivity contribution in [2.75, 3.05) is 25.0 Å². The van der Waals surface area contributed by atoms with Gasteiger partial charge in [0.15, 0.2) is 0 Å². The summed E-state index contributed by atoms with van der Waals surface area (Å²) in [7, 11) is 1.70. The number of carboxylic acid groups (broad SMARTS) is 1. The van der Waals surface area contributed by atoms with Crippen LogP contribution in [-0.4, -0.2) is 48.1 Å². The predicted molar refractivity (Wildman–Crippen MR) is 79.2 cm³/mol. The van der Waals surface area contributed by atoms with Crippen LogP contribution in [0.5, 0.6) is 0 Å². The number of nitrogens with zero attached hydrogens (tertiary/aromatic N) is 2. The highest BCUT2D eigenvalue weighted by atomic mass is 35.5. The zero-order valence-corrected chi connectivity index (χ0v) is 12.6. The second-order valence-corrected chi connectivity index (χ2v) is 5.26. The van der Waals surface area contributed by atoms with E-state index in [4.69, 9.17) is 16.7 Å². The smallest absolute Gasteiger partial charge is 0.323 e. The van der Waals surface area contributed by atoms with Crippen molar-refractivity contribution < 1.29 is 14.7 Å². The molecule has 20 heavy (non-hydrogen) atoms. The highest BCUT2D eigenvalue weighted by molar-refractivity contribution is 6.30. The molecule has 0 bridgehead atoms. The summed E-state index contributed by atoms with van der Waals surface area (Å²) in [5, 5.41) is 9.48. The number of rotatable bonds is 6. The van der Waals surface area contributed by atoms with Gasteiger partial charge in [-0.2, -0.15) is 0 Å². The molecule has 110 valence electrons. The maximum atomic E-state index is 12.1. The van der Waals surface area contributed by atoms with E-state index in [2.05, 4.69) is 0 Å². The van der Waals surface area contributed by atoms with E-state index in [0.29, 0.717) is 10.7 Å². The SMILES string of the molecule is CC(C)N(C)C(=O)CN(CC(=O)O)c1cccc(Cl)c1. The van der Waals surface area contributed by atoms with Crippen molar-refractivity contribution in [1.82, 2.24) is 4.90 Å². The van der Waals surface area contributed by atoms with Gasteiger partial charge < -0.3 is 14.9 Å². The van der Waals surface area contributed by atoms with E-state index in [0.717, 1.165) is 0 Å². The summed E-state index contributed by atoms with van der Waals surface area (Å²) in [6.07, 6.45) is 0. The Balaban J connectivity index is 2.90. The molecular formula is C14H19ClN2O3. The van der Waals surface area contributed by atoms with Crippen molar-refractivity contribution in [3.63, 3.8) is 0 Å². The molecule has 0 saturated carbocycles. The molecule has 1 rings (SSSR count). The lowest BCUT2D eigenvalue weighted by Gasteiger charge is -2.27. The molecule has 0 radical (unpaired) electrons. The standard InChI is InChI=1S/C14H19ClN2O3/c1-10(2)16(3)13(18)8-17(9-14(19)20)12-6-4-5-11(15)7-12/h4-7,10H,8-9H2,1-3H3,(H,19,20). The number of anilines is 1. The third-order valence-corrected chi connectivity index (χ3v) is 3.23. The zero-order chi connectivity index (χ0) is 15.3. The van der Waals surface area contributed by atoms with Gasteiger partial charge in [0.05, 0.1) is 6.54 Å². The van der Waals surface area contributed by atoms with Crippen molar-refractivity contribution >= 4 is 29.2 Å². The molecule has 1 amide bonds. The molecule has 0 atom stereocenters. The first kappa shape index (κ1) is 16.3. The average Bonchev–Trinajstić information content (AvgIpc) is 2.36. The summed E-state index contributed by atoms with van der Waals surface area (Å²) in [6, 6.07) is 6.87. The molecule has 0 aromatic heterocycles. The molecule has 0 aliphatic carbocycles. The quantitative estimate of drug-likeness (QED) is 0.873. The minimum Gasteiger partial charge on any atom is -0.480 e. The van der Waals surface area contributed by atoms with Gasteiger partial charge in [0.25, 0.3) is 0 Å². The first-order chi connectivity index (χ1) is 9.31. The first-order valence-corrected chi connectivity index (χ1v) is 6.67. The van der Waals surface area contributed by atoms with Crippen molar-refractivity contribution in [1.29, 1.82) is 0 Å². The molecule has 0 unspecified atom stereocenters. The Morgan fingerprint density at radius 3 is 2.45 bits per heavy atom. The van der Waals surface area contributed by atoms with E-state index in [1.54, 1.807) is 36.2 Å². The summed E-state index contributed by atoms with van der Waals surface area (Å²) >= 11 is 5.91. The van der Waals surface area contributed by atoms with E-state index >= 15 is 0 Å². The minimum atomic E-state index is -0.995. The van der Waals surface area contributed by atoms with Gasteiger partial charge >= 0.3 is 5.97 Å². The molecule has 0 spiro atoms. The Kier molecular flexibility index (Phi) is 5.82. The second-order valence-electron chi connectivity index (χ2n) is 4.83. The van der Waals surface area contributed by atoms with Crippen molar-refractivity contribution in [3.8, 4) is 0 Å². The van der Waals surface area contributed by atoms with Crippen LogP contribution in [0.1, 0.15) is 13.8 Å². The third kappa shape index (κ3) is 4.74. The van der Waals surface area contributed by atoms with Crippen LogP contribution >= 0.6 is 11.6 Å². The van der Waals surface area contributed by atoms with Gasteiger partial charge in [0.2, 0.25) is 5.91 Å². The van der Waals surface area contributed by atoms with Crippen LogP contribution in [0.3, 0.4) is 0 Å². The normalized spacial score (nSPS) is 10.4. The van der Waals surface area contributed by atoms with Gasteiger partial charge in [-0.15, -0.1) is 0 Å². The third-order valence-electron chi connectivity index (χ3n) is 2.99. The van der Waals surface area contributed by atoms with E-state index in [9.17, 15) is 9.59 Å². The molecule has 6 heteroatoms. The fraction of sp³-hybridized carbons (Fsp3) is 0.429. The van der Waals surface area contributed by atoms with Gasteiger partial charge in [-0.05, 0) is 32.0 Å². The van der Waals surface area contributed by atoms with E-state index < -0.39 is 5.97 Å². The number of likely N-dealkylation sites (N-methyl/N-ethyl adjacent to an activating group) is 1. The zero-order valence-electron chi connectivity index (χ0n) is 11.8. The van der Waals surface area contributed by atoms with Gasteiger partial charge in [0.1, 0.15) is 6.54 Å². The van der Waals surface area contributed by atoms with Crippen LogP contribution in [0.2, 0.25) is 5.02 Å². The topological polar surface area (TPSA) is 60.9 Å². The number of benzene rings is 1. The highest BCUT2D eigenvalue weighted by Crippen LogP contribution is 2.19. The summed E-state index contributed by atoms with van der Waals surface area (Å²) in [4.78, 5) is 26.1. The largest absolute Gasteiger partial charge is 0.480 e. The molecule has 5 nitrogen and oxygen atoms in total. The van der Waals surface area contributed by atoms with Crippen LogP contribution < -0.4 is 4.90 Å². The number of aliphatic carboxylic acids is 1. The number of halogens is 1. The monoisotopic (exact) mass is 298 g/mol. The van der Waals surface area contributed by atoms with E-state index in [1.807, 2.05) is 13.8 Å².